The van der Waals surface area contributed by atoms with Crippen LogP contribution in [0.5, 0.6) is 0 Å². The lowest BCUT2D eigenvalue weighted by Gasteiger charge is -2.23. The molecule has 2 atom stereocenters. The number of carbonyl (C=O) groups is 2. The minimum atomic E-state index is -0.982. The van der Waals surface area contributed by atoms with Gasteiger partial charge in [0, 0.05) is 14.8 Å². The van der Waals surface area contributed by atoms with E-state index < -0.39 is 18.1 Å². The fourth-order valence-electron chi connectivity index (χ4n) is 2.50. The third-order valence-corrected chi connectivity index (χ3v) is 5.49. The van der Waals surface area contributed by atoms with E-state index in [-0.39, 0.29) is 12.3 Å². The van der Waals surface area contributed by atoms with E-state index >= 15 is 0 Å². The molecule has 0 bridgehead atoms. The summed E-state index contributed by atoms with van der Waals surface area (Å²) in [6.07, 6.45) is -0.982. The van der Waals surface area contributed by atoms with Crippen LogP contribution in [0.25, 0.3) is 0 Å². The molecule has 3 N–H and O–H groups in total. The Morgan fingerprint density at radius 2 is 1.89 bits per heavy atom. The predicted octanol–water partition coefficient (Wildman–Crippen LogP) is 2.63. The molecule has 1 amide bonds. The molecule has 0 spiro atoms. The standard InChI is InChI=1S/C20H20IN3O3/c1-12-16(9-8-15(10-22)18(12)21)24-19(13(2)25)20(27)23-11-17(26)14-6-4-3-5-7-14/h3-9,13,19,24-25H,11H2,1-2H3,(H,23,27)/t13-,19?/m0/s1. The number of rotatable bonds is 7. The summed E-state index contributed by atoms with van der Waals surface area (Å²) in [5.41, 5.74) is 2.52. The van der Waals surface area contributed by atoms with Crippen LogP contribution in [-0.2, 0) is 4.79 Å². The summed E-state index contributed by atoms with van der Waals surface area (Å²) < 4.78 is 0.782. The number of halogens is 1. The summed E-state index contributed by atoms with van der Waals surface area (Å²) in [6.45, 7) is 3.18. The Labute approximate surface area is 171 Å². The maximum absolute atomic E-state index is 12.5. The van der Waals surface area contributed by atoms with Gasteiger partial charge in [0.25, 0.3) is 0 Å². The molecule has 2 rings (SSSR count). The molecule has 1 unspecified atom stereocenters. The fraction of sp³-hybridized carbons (Fsp3) is 0.250. The van der Waals surface area contributed by atoms with Gasteiger partial charge in [-0.2, -0.15) is 5.26 Å². The summed E-state index contributed by atoms with van der Waals surface area (Å²) >= 11 is 2.07. The fourth-order valence-corrected chi connectivity index (χ4v) is 3.09. The first kappa shape index (κ1) is 20.9. The van der Waals surface area contributed by atoms with Crippen molar-refractivity contribution in [3.63, 3.8) is 0 Å². The van der Waals surface area contributed by atoms with Crippen molar-refractivity contribution in [3.05, 3.63) is 62.7 Å². The topological polar surface area (TPSA) is 102 Å². The summed E-state index contributed by atoms with van der Waals surface area (Å²) in [5, 5.41) is 24.7. The molecule has 0 aliphatic rings. The van der Waals surface area contributed by atoms with Crippen molar-refractivity contribution < 1.29 is 14.7 Å². The van der Waals surface area contributed by atoms with E-state index in [1.54, 1.807) is 36.4 Å². The SMILES string of the molecule is Cc1c(NC(C(=O)NCC(=O)c2ccccc2)[C@H](C)O)ccc(C#N)c1I. The molecule has 0 aromatic heterocycles. The quantitative estimate of drug-likeness (QED) is 0.421. The van der Waals surface area contributed by atoms with Gasteiger partial charge in [-0.25, -0.2) is 0 Å². The van der Waals surface area contributed by atoms with Crippen molar-refractivity contribution >= 4 is 40.0 Å². The summed E-state index contributed by atoms with van der Waals surface area (Å²) in [6, 6.07) is 13.2. The van der Waals surface area contributed by atoms with Crippen molar-refractivity contribution in [2.75, 3.05) is 11.9 Å². The predicted molar refractivity (Wildman–Crippen MR) is 111 cm³/mol. The van der Waals surface area contributed by atoms with E-state index in [1.165, 1.54) is 6.92 Å². The van der Waals surface area contributed by atoms with Crippen LogP contribution in [0.1, 0.15) is 28.4 Å². The lowest BCUT2D eigenvalue weighted by atomic mass is 10.1. The highest BCUT2D eigenvalue weighted by Crippen LogP contribution is 2.25. The number of amides is 1. The van der Waals surface area contributed by atoms with E-state index in [4.69, 9.17) is 5.26 Å². The molecular formula is C20H20IN3O3. The summed E-state index contributed by atoms with van der Waals surface area (Å²) in [7, 11) is 0. The van der Waals surface area contributed by atoms with Crippen LogP contribution in [0.4, 0.5) is 5.69 Å². The lowest BCUT2D eigenvalue weighted by molar-refractivity contribution is -0.123. The number of Topliss-reactive ketones (excluding diaryl/α,β-unsaturated/α-hetero) is 1. The molecule has 0 saturated heterocycles. The molecule has 2 aromatic rings. The normalized spacial score (nSPS) is 12.6. The van der Waals surface area contributed by atoms with E-state index in [9.17, 15) is 14.7 Å². The second-order valence-corrected chi connectivity index (χ2v) is 7.16. The van der Waals surface area contributed by atoms with Crippen LogP contribution in [0.15, 0.2) is 42.5 Å². The van der Waals surface area contributed by atoms with Crippen molar-refractivity contribution in [2.45, 2.75) is 26.0 Å². The molecule has 0 aliphatic heterocycles. The number of benzene rings is 2. The highest BCUT2D eigenvalue weighted by Gasteiger charge is 2.25. The number of aliphatic hydroxyl groups excluding tert-OH is 1. The zero-order valence-corrected chi connectivity index (χ0v) is 17.1. The first-order chi connectivity index (χ1) is 12.8. The number of aliphatic hydroxyl groups is 1. The molecule has 0 saturated carbocycles. The second kappa shape index (κ2) is 9.48. The molecule has 2 aromatic carbocycles. The summed E-state index contributed by atoms with van der Waals surface area (Å²) in [5.74, 6) is -0.689. The number of nitriles is 1. The van der Waals surface area contributed by atoms with E-state index in [0.717, 1.165) is 9.13 Å². The molecule has 27 heavy (non-hydrogen) atoms. The van der Waals surface area contributed by atoms with E-state index in [0.29, 0.717) is 16.8 Å². The Kier molecular flexibility index (Phi) is 7.33. The van der Waals surface area contributed by atoms with Gasteiger partial charge in [0.15, 0.2) is 5.78 Å². The highest BCUT2D eigenvalue weighted by atomic mass is 127. The minimum absolute atomic E-state index is 0.155. The monoisotopic (exact) mass is 477 g/mol. The Morgan fingerprint density at radius 1 is 1.22 bits per heavy atom. The third kappa shape index (κ3) is 5.28. The largest absolute Gasteiger partial charge is 0.391 e. The van der Waals surface area contributed by atoms with Crippen LogP contribution in [0.3, 0.4) is 0 Å². The van der Waals surface area contributed by atoms with E-state index in [2.05, 4.69) is 39.3 Å². The van der Waals surface area contributed by atoms with Gasteiger partial charge in [-0.1, -0.05) is 30.3 Å². The number of hydrogen-bond donors (Lipinski definition) is 3. The van der Waals surface area contributed by atoms with Crippen LogP contribution in [0.2, 0.25) is 0 Å². The average Bonchev–Trinajstić information content (AvgIpc) is 2.67. The zero-order valence-electron chi connectivity index (χ0n) is 15.0. The molecule has 7 heteroatoms. The van der Waals surface area contributed by atoms with Gasteiger partial charge in [0.1, 0.15) is 12.1 Å². The molecule has 0 fully saturated rings. The number of nitrogens with one attached hydrogen (secondary N) is 2. The maximum atomic E-state index is 12.5. The van der Waals surface area contributed by atoms with Gasteiger partial charge in [0.2, 0.25) is 5.91 Å². The van der Waals surface area contributed by atoms with Crippen molar-refractivity contribution in [1.29, 1.82) is 5.26 Å². The van der Waals surface area contributed by atoms with E-state index in [1.807, 2.05) is 13.0 Å². The van der Waals surface area contributed by atoms with Gasteiger partial charge < -0.3 is 15.7 Å². The highest BCUT2D eigenvalue weighted by molar-refractivity contribution is 14.1. The van der Waals surface area contributed by atoms with Crippen LogP contribution in [-0.4, -0.2) is 35.5 Å². The molecule has 0 aliphatic carbocycles. The molecular weight excluding hydrogens is 457 g/mol. The number of anilines is 1. The first-order valence-corrected chi connectivity index (χ1v) is 9.42. The Hall–Kier alpha value is -2.44. The minimum Gasteiger partial charge on any atom is -0.391 e. The van der Waals surface area contributed by atoms with Crippen LogP contribution in [0, 0.1) is 21.8 Å². The lowest BCUT2D eigenvalue weighted by Crippen LogP contribution is -2.47. The maximum Gasteiger partial charge on any atom is 0.245 e. The van der Waals surface area contributed by atoms with Crippen molar-refractivity contribution in [2.24, 2.45) is 0 Å². The van der Waals surface area contributed by atoms with Gasteiger partial charge in [-0.15, -0.1) is 0 Å². The number of hydrogen-bond acceptors (Lipinski definition) is 5. The smallest absolute Gasteiger partial charge is 0.245 e. The third-order valence-electron chi connectivity index (χ3n) is 4.10. The Bertz CT molecular complexity index is 876. The van der Waals surface area contributed by atoms with Gasteiger partial charge in [-0.05, 0) is 54.1 Å². The summed E-state index contributed by atoms with van der Waals surface area (Å²) in [4.78, 5) is 24.6. The Morgan fingerprint density at radius 3 is 2.48 bits per heavy atom. The van der Waals surface area contributed by atoms with Gasteiger partial charge >= 0.3 is 0 Å². The molecule has 140 valence electrons. The number of ketones is 1. The number of nitrogens with zero attached hydrogens (tertiary/aromatic N) is 1. The zero-order chi connectivity index (χ0) is 20.0. The molecule has 6 nitrogen and oxygen atoms in total. The van der Waals surface area contributed by atoms with Crippen LogP contribution >= 0.6 is 22.6 Å². The van der Waals surface area contributed by atoms with Gasteiger partial charge in [-0.3, -0.25) is 9.59 Å². The molecule has 0 heterocycles. The molecule has 0 radical (unpaired) electrons. The average molecular weight is 477 g/mol. The van der Waals surface area contributed by atoms with Crippen LogP contribution < -0.4 is 10.6 Å². The van der Waals surface area contributed by atoms with Gasteiger partial charge in [0.05, 0.1) is 18.2 Å². The van der Waals surface area contributed by atoms with Crippen molar-refractivity contribution in [1.82, 2.24) is 5.32 Å². The Balaban J connectivity index is 2.09. The first-order valence-electron chi connectivity index (χ1n) is 8.35. The number of carbonyl (C=O) groups excluding carboxylic acids is 2. The van der Waals surface area contributed by atoms with Crippen molar-refractivity contribution in [3.8, 4) is 6.07 Å². The second-order valence-electron chi connectivity index (χ2n) is 6.08.